The van der Waals surface area contributed by atoms with Crippen LogP contribution >= 0.6 is 0 Å². The molecular formula is C17H21N3O2. The molecule has 1 aromatic carbocycles. The van der Waals surface area contributed by atoms with Gasteiger partial charge in [-0.1, -0.05) is 25.5 Å². The Morgan fingerprint density at radius 3 is 2.68 bits per heavy atom. The molecule has 1 amide bonds. The summed E-state index contributed by atoms with van der Waals surface area (Å²) >= 11 is 0. The molecule has 2 rings (SSSR count). The van der Waals surface area contributed by atoms with Crippen LogP contribution in [0.15, 0.2) is 47.4 Å². The molecule has 0 bridgehead atoms. The number of rotatable bonds is 5. The van der Waals surface area contributed by atoms with E-state index in [4.69, 9.17) is 5.73 Å². The molecule has 0 aliphatic rings. The highest BCUT2D eigenvalue weighted by Crippen LogP contribution is 2.20. The van der Waals surface area contributed by atoms with Crippen molar-refractivity contribution in [2.75, 3.05) is 11.1 Å². The lowest BCUT2D eigenvalue weighted by molar-refractivity contribution is -0.119. The lowest BCUT2D eigenvalue weighted by Gasteiger charge is -2.19. The second-order valence-electron chi connectivity index (χ2n) is 5.33. The van der Waals surface area contributed by atoms with Crippen molar-refractivity contribution in [3.63, 3.8) is 0 Å². The Kier molecular flexibility index (Phi) is 4.99. The number of nitrogens with one attached hydrogen (secondary N) is 1. The normalized spacial score (nSPS) is 11.9. The molecule has 5 heteroatoms. The summed E-state index contributed by atoms with van der Waals surface area (Å²) in [7, 11) is 0. The van der Waals surface area contributed by atoms with E-state index in [2.05, 4.69) is 5.32 Å². The van der Waals surface area contributed by atoms with E-state index in [1.807, 2.05) is 19.9 Å². The van der Waals surface area contributed by atoms with Crippen LogP contribution in [-0.4, -0.2) is 10.5 Å². The molecule has 1 heterocycles. The number of para-hydroxylation sites is 2. The van der Waals surface area contributed by atoms with Crippen LogP contribution in [0.5, 0.6) is 0 Å². The fourth-order valence-corrected chi connectivity index (χ4v) is 2.34. The maximum atomic E-state index is 12.6. The van der Waals surface area contributed by atoms with Crippen molar-refractivity contribution in [3.8, 4) is 0 Å². The lowest BCUT2D eigenvalue weighted by Crippen LogP contribution is -2.33. The molecule has 0 aliphatic heterocycles. The number of nitrogens with zero attached hydrogens (tertiary/aromatic N) is 1. The van der Waals surface area contributed by atoms with E-state index in [1.165, 1.54) is 10.6 Å². The number of nitrogen functional groups attached to an aromatic ring is 1. The highest BCUT2D eigenvalue weighted by atomic mass is 16.2. The Morgan fingerprint density at radius 2 is 2.05 bits per heavy atom. The van der Waals surface area contributed by atoms with Crippen molar-refractivity contribution in [2.45, 2.75) is 32.7 Å². The van der Waals surface area contributed by atoms with Crippen LogP contribution in [0.2, 0.25) is 0 Å². The molecule has 1 aromatic heterocycles. The molecule has 3 N–H and O–H groups in total. The standard InChI is InChI=1S/C17H21N3O2/c1-3-6-15(20-10-9-12(2)11-16(20)21)17(22)19-14-8-5-4-7-13(14)18/h4-5,7-11,15H,3,6,18H2,1-2H3,(H,19,22). The molecule has 22 heavy (non-hydrogen) atoms. The van der Waals surface area contributed by atoms with Gasteiger partial charge < -0.3 is 15.6 Å². The number of carbonyl (C=O) groups is 1. The molecule has 116 valence electrons. The zero-order chi connectivity index (χ0) is 16.1. The van der Waals surface area contributed by atoms with E-state index >= 15 is 0 Å². The van der Waals surface area contributed by atoms with Crippen molar-refractivity contribution in [1.29, 1.82) is 0 Å². The van der Waals surface area contributed by atoms with Gasteiger partial charge in [0.15, 0.2) is 0 Å². The number of aryl methyl sites for hydroxylation is 1. The summed E-state index contributed by atoms with van der Waals surface area (Å²) in [5, 5.41) is 2.81. The van der Waals surface area contributed by atoms with E-state index in [0.29, 0.717) is 17.8 Å². The molecular weight excluding hydrogens is 278 g/mol. The van der Waals surface area contributed by atoms with Crippen molar-refractivity contribution in [3.05, 3.63) is 58.5 Å². The number of pyridine rings is 1. The van der Waals surface area contributed by atoms with Gasteiger partial charge in [0, 0.05) is 12.3 Å². The van der Waals surface area contributed by atoms with Crippen molar-refractivity contribution in [1.82, 2.24) is 4.57 Å². The van der Waals surface area contributed by atoms with Gasteiger partial charge in [-0.2, -0.15) is 0 Å². The maximum Gasteiger partial charge on any atom is 0.251 e. The number of amides is 1. The van der Waals surface area contributed by atoms with E-state index in [9.17, 15) is 9.59 Å². The Morgan fingerprint density at radius 1 is 1.32 bits per heavy atom. The average Bonchev–Trinajstić information content (AvgIpc) is 2.48. The minimum absolute atomic E-state index is 0.172. The Bertz CT molecular complexity index is 722. The first-order valence-corrected chi connectivity index (χ1v) is 7.37. The van der Waals surface area contributed by atoms with Crippen LogP contribution in [0.4, 0.5) is 11.4 Å². The average molecular weight is 299 g/mol. The van der Waals surface area contributed by atoms with Gasteiger partial charge in [0.1, 0.15) is 6.04 Å². The predicted octanol–water partition coefficient (Wildman–Crippen LogP) is 2.72. The second kappa shape index (κ2) is 6.93. The monoisotopic (exact) mass is 299 g/mol. The fourth-order valence-electron chi connectivity index (χ4n) is 2.34. The highest BCUT2D eigenvalue weighted by molar-refractivity contribution is 5.96. The maximum absolute atomic E-state index is 12.6. The van der Waals surface area contributed by atoms with Crippen LogP contribution in [0.25, 0.3) is 0 Å². The third kappa shape index (κ3) is 3.55. The lowest BCUT2D eigenvalue weighted by atomic mass is 10.1. The van der Waals surface area contributed by atoms with Gasteiger partial charge in [-0.3, -0.25) is 9.59 Å². The quantitative estimate of drug-likeness (QED) is 0.833. The summed E-state index contributed by atoms with van der Waals surface area (Å²) < 4.78 is 1.48. The molecule has 5 nitrogen and oxygen atoms in total. The molecule has 0 radical (unpaired) electrons. The first-order chi connectivity index (χ1) is 10.5. The summed E-state index contributed by atoms with van der Waals surface area (Å²) in [6.45, 7) is 3.84. The molecule has 1 atom stereocenters. The Labute approximate surface area is 129 Å². The SMILES string of the molecule is CCCC(C(=O)Nc1ccccc1N)n1ccc(C)cc1=O. The summed E-state index contributed by atoms with van der Waals surface area (Å²) in [4.78, 5) is 24.7. The number of carbonyl (C=O) groups excluding carboxylic acids is 1. The molecule has 0 spiro atoms. The predicted molar refractivity (Wildman–Crippen MR) is 88.9 cm³/mol. The van der Waals surface area contributed by atoms with Gasteiger partial charge in [-0.15, -0.1) is 0 Å². The van der Waals surface area contributed by atoms with Gasteiger partial charge in [0.25, 0.3) is 5.56 Å². The Balaban J connectivity index is 2.29. The Hall–Kier alpha value is -2.56. The summed E-state index contributed by atoms with van der Waals surface area (Å²) in [5.41, 5.74) is 7.62. The summed E-state index contributed by atoms with van der Waals surface area (Å²) in [6.07, 6.45) is 3.05. The minimum atomic E-state index is -0.544. The van der Waals surface area contributed by atoms with Crippen LogP contribution in [0.1, 0.15) is 31.4 Å². The summed E-state index contributed by atoms with van der Waals surface area (Å²) in [6, 6.07) is 9.90. The number of benzene rings is 1. The number of hydrogen-bond acceptors (Lipinski definition) is 3. The molecule has 2 aromatic rings. The van der Waals surface area contributed by atoms with Gasteiger partial charge in [-0.25, -0.2) is 0 Å². The number of hydrogen-bond donors (Lipinski definition) is 2. The van der Waals surface area contributed by atoms with Crippen LogP contribution < -0.4 is 16.6 Å². The number of nitrogens with two attached hydrogens (primary N) is 1. The van der Waals surface area contributed by atoms with Crippen LogP contribution in [0.3, 0.4) is 0 Å². The van der Waals surface area contributed by atoms with Gasteiger partial charge in [0.2, 0.25) is 5.91 Å². The van der Waals surface area contributed by atoms with Crippen LogP contribution in [0, 0.1) is 6.92 Å². The highest BCUT2D eigenvalue weighted by Gasteiger charge is 2.21. The second-order valence-corrected chi connectivity index (χ2v) is 5.33. The molecule has 0 aliphatic carbocycles. The third-order valence-electron chi connectivity index (χ3n) is 3.52. The zero-order valence-electron chi connectivity index (χ0n) is 12.9. The molecule has 0 saturated heterocycles. The topological polar surface area (TPSA) is 77.1 Å². The van der Waals surface area contributed by atoms with Crippen molar-refractivity contribution < 1.29 is 4.79 Å². The first-order valence-electron chi connectivity index (χ1n) is 7.37. The molecule has 0 saturated carbocycles. The number of anilines is 2. The molecule has 1 unspecified atom stereocenters. The van der Waals surface area contributed by atoms with E-state index in [0.717, 1.165) is 12.0 Å². The van der Waals surface area contributed by atoms with Crippen molar-refractivity contribution in [2.24, 2.45) is 0 Å². The third-order valence-corrected chi connectivity index (χ3v) is 3.52. The van der Waals surface area contributed by atoms with E-state index < -0.39 is 6.04 Å². The zero-order valence-corrected chi connectivity index (χ0v) is 12.9. The van der Waals surface area contributed by atoms with E-state index in [1.54, 1.807) is 30.5 Å². The molecule has 0 fully saturated rings. The number of aromatic nitrogens is 1. The smallest absolute Gasteiger partial charge is 0.251 e. The fraction of sp³-hybridized carbons (Fsp3) is 0.294. The van der Waals surface area contributed by atoms with Crippen LogP contribution in [-0.2, 0) is 4.79 Å². The van der Waals surface area contributed by atoms with Crippen molar-refractivity contribution >= 4 is 17.3 Å². The summed E-state index contributed by atoms with van der Waals surface area (Å²) in [5.74, 6) is -0.231. The largest absolute Gasteiger partial charge is 0.397 e. The van der Waals surface area contributed by atoms with Gasteiger partial charge >= 0.3 is 0 Å². The van der Waals surface area contributed by atoms with E-state index in [-0.39, 0.29) is 11.5 Å². The minimum Gasteiger partial charge on any atom is -0.397 e. The van der Waals surface area contributed by atoms with Gasteiger partial charge in [0.05, 0.1) is 11.4 Å². The first kappa shape index (κ1) is 15.8. The van der Waals surface area contributed by atoms with Gasteiger partial charge in [-0.05, 0) is 37.1 Å².